The maximum atomic E-state index is 12.3. The highest BCUT2D eigenvalue weighted by atomic mass is 32.1. The summed E-state index contributed by atoms with van der Waals surface area (Å²) in [5.74, 6) is -1.47. The van der Waals surface area contributed by atoms with E-state index < -0.39 is 11.9 Å². The van der Waals surface area contributed by atoms with Gasteiger partial charge in [0.25, 0.3) is 0 Å². The second-order valence-electron chi connectivity index (χ2n) is 4.53. The average Bonchev–Trinajstić information content (AvgIpc) is 3.22. The standard InChI is InChI=1S/C14H6N4O3S2/c19-13(7-3-1-5-9-11(7)22-17-15-9)21-14(20)8-4-2-6-10-12(8)23-18-16-10/h1-6H. The Labute approximate surface area is 136 Å². The molecule has 0 N–H and O–H groups in total. The molecular weight excluding hydrogens is 336 g/mol. The van der Waals surface area contributed by atoms with E-state index in [0.29, 0.717) is 20.4 Å². The van der Waals surface area contributed by atoms with Crippen molar-refractivity contribution >= 4 is 55.4 Å². The van der Waals surface area contributed by atoms with Gasteiger partial charge in [-0.15, -0.1) is 10.2 Å². The molecule has 0 aliphatic carbocycles. The molecule has 4 rings (SSSR count). The van der Waals surface area contributed by atoms with Crippen molar-refractivity contribution in [2.45, 2.75) is 0 Å². The molecule has 0 bridgehead atoms. The van der Waals surface area contributed by atoms with E-state index in [2.05, 4.69) is 19.2 Å². The van der Waals surface area contributed by atoms with Gasteiger partial charge in [-0.05, 0) is 47.3 Å². The van der Waals surface area contributed by atoms with Crippen molar-refractivity contribution in [3.05, 3.63) is 47.5 Å². The molecule has 0 aliphatic heterocycles. The van der Waals surface area contributed by atoms with Crippen LogP contribution in [0.5, 0.6) is 0 Å². The molecule has 0 atom stereocenters. The first-order chi connectivity index (χ1) is 11.2. The van der Waals surface area contributed by atoms with Gasteiger partial charge in [-0.2, -0.15) is 0 Å². The molecule has 0 amide bonds. The fourth-order valence-electron chi connectivity index (χ4n) is 2.13. The maximum Gasteiger partial charge on any atom is 0.347 e. The van der Waals surface area contributed by atoms with Crippen molar-refractivity contribution in [1.82, 2.24) is 19.2 Å². The van der Waals surface area contributed by atoms with Gasteiger partial charge in [-0.25, -0.2) is 9.59 Å². The van der Waals surface area contributed by atoms with Crippen molar-refractivity contribution < 1.29 is 14.3 Å². The van der Waals surface area contributed by atoms with Gasteiger partial charge in [-0.1, -0.05) is 21.1 Å². The van der Waals surface area contributed by atoms with Crippen LogP contribution in [0.4, 0.5) is 0 Å². The molecule has 9 heteroatoms. The molecule has 0 fully saturated rings. The number of aromatic nitrogens is 4. The van der Waals surface area contributed by atoms with Crippen LogP contribution < -0.4 is 0 Å². The van der Waals surface area contributed by atoms with Gasteiger partial charge in [0.2, 0.25) is 0 Å². The van der Waals surface area contributed by atoms with Crippen LogP contribution >= 0.6 is 23.1 Å². The number of hydrogen-bond acceptors (Lipinski definition) is 9. The van der Waals surface area contributed by atoms with E-state index >= 15 is 0 Å². The first-order valence-electron chi connectivity index (χ1n) is 6.43. The zero-order valence-electron chi connectivity index (χ0n) is 11.3. The lowest BCUT2D eigenvalue weighted by molar-refractivity contribution is 0.0401. The zero-order chi connectivity index (χ0) is 15.8. The number of fused-ring (bicyclic) bond motifs is 2. The summed E-state index contributed by atoms with van der Waals surface area (Å²) >= 11 is 2.16. The summed E-state index contributed by atoms with van der Waals surface area (Å²) in [6.07, 6.45) is 0. The Bertz CT molecular complexity index is 972. The predicted octanol–water partition coefficient (Wildman–Crippen LogP) is 2.69. The van der Waals surface area contributed by atoms with Crippen LogP contribution in [0.2, 0.25) is 0 Å². The Morgan fingerprint density at radius 2 is 1.26 bits per heavy atom. The number of esters is 2. The number of hydrogen-bond donors (Lipinski definition) is 0. The van der Waals surface area contributed by atoms with Crippen LogP contribution in [0.3, 0.4) is 0 Å². The molecule has 0 saturated carbocycles. The molecule has 4 aromatic rings. The van der Waals surface area contributed by atoms with Gasteiger partial charge in [0.1, 0.15) is 11.0 Å². The SMILES string of the molecule is O=C(OC(=O)c1cccc2nnsc12)c1cccc2nnsc12. The zero-order valence-corrected chi connectivity index (χ0v) is 12.9. The maximum absolute atomic E-state index is 12.3. The minimum atomic E-state index is -0.735. The lowest BCUT2D eigenvalue weighted by atomic mass is 10.2. The third-order valence-electron chi connectivity index (χ3n) is 3.18. The normalized spacial score (nSPS) is 11.0. The minimum absolute atomic E-state index is 0.264. The molecule has 2 aromatic carbocycles. The van der Waals surface area contributed by atoms with Crippen molar-refractivity contribution in [3.8, 4) is 0 Å². The van der Waals surface area contributed by atoms with Crippen LogP contribution in [0.1, 0.15) is 20.7 Å². The van der Waals surface area contributed by atoms with Crippen LogP contribution in [-0.2, 0) is 4.74 Å². The summed E-state index contributed by atoms with van der Waals surface area (Å²) in [5.41, 5.74) is 1.71. The Balaban J connectivity index is 1.67. The summed E-state index contributed by atoms with van der Waals surface area (Å²) in [5, 5.41) is 7.79. The van der Waals surface area contributed by atoms with Crippen molar-refractivity contribution in [1.29, 1.82) is 0 Å². The first kappa shape index (κ1) is 13.9. The number of ether oxygens (including phenoxy) is 1. The Hall–Kier alpha value is -2.78. The number of rotatable bonds is 2. The average molecular weight is 342 g/mol. The highest BCUT2D eigenvalue weighted by molar-refractivity contribution is 7.13. The summed E-state index contributed by atoms with van der Waals surface area (Å²) < 4.78 is 13.8. The van der Waals surface area contributed by atoms with Crippen LogP contribution in [0.25, 0.3) is 20.4 Å². The van der Waals surface area contributed by atoms with E-state index in [-0.39, 0.29) is 11.1 Å². The molecule has 0 radical (unpaired) electrons. The molecular formula is C14H6N4O3S2. The topological polar surface area (TPSA) is 94.9 Å². The van der Waals surface area contributed by atoms with Gasteiger partial charge in [0.05, 0.1) is 20.5 Å². The van der Waals surface area contributed by atoms with Gasteiger partial charge in [-0.3, -0.25) is 0 Å². The largest absolute Gasteiger partial charge is 0.386 e. The van der Waals surface area contributed by atoms with Gasteiger partial charge in [0.15, 0.2) is 0 Å². The molecule has 0 spiro atoms. The lowest BCUT2D eigenvalue weighted by Crippen LogP contribution is -2.13. The monoisotopic (exact) mass is 342 g/mol. The first-order valence-corrected chi connectivity index (χ1v) is 7.97. The van der Waals surface area contributed by atoms with Crippen molar-refractivity contribution in [2.24, 2.45) is 0 Å². The predicted molar refractivity (Wildman–Crippen MR) is 84.6 cm³/mol. The quantitative estimate of drug-likeness (QED) is 0.408. The number of nitrogens with zero attached hydrogens (tertiary/aromatic N) is 4. The Morgan fingerprint density at radius 1 is 0.783 bits per heavy atom. The molecule has 2 aromatic heterocycles. The Morgan fingerprint density at radius 3 is 1.74 bits per heavy atom. The number of carbonyl (C=O) groups excluding carboxylic acids is 2. The fraction of sp³-hybridized carbons (Fsp3) is 0. The summed E-state index contributed by atoms with van der Waals surface area (Å²) in [7, 11) is 0. The molecule has 7 nitrogen and oxygen atoms in total. The van der Waals surface area contributed by atoms with E-state index in [9.17, 15) is 9.59 Å². The summed E-state index contributed by atoms with van der Waals surface area (Å²) in [4.78, 5) is 24.6. The van der Waals surface area contributed by atoms with E-state index in [1.54, 1.807) is 36.4 Å². The highest BCUT2D eigenvalue weighted by Crippen LogP contribution is 2.24. The molecule has 0 unspecified atom stereocenters. The van der Waals surface area contributed by atoms with Crippen LogP contribution in [0.15, 0.2) is 36.4 Å². The number of benzene rings is 2. The van der Waals surface area contributed by atoms with E-state index in [4.69, 9.17) is 4.74 Å². The van der Waals surface area contributed by atoms with Crippen LogP contribution in [0, 0.1) is 0 Å². The molecule has 23 heavy (non-hydrogen) atoms. The smallest absolute Gasteiger partial charge is 0.347 e. The number of carbonyl (C=O) groups is 2. The van der Waals surface area contributed by atoms with Gasteiger partial charge in [0, 0.05) is 0 Å². The second kappa shape index (κ2) is 5.45. The van der Waals surface area contributed by atoms with E-state index in [0.717, 1.165) is 23.1 Å². The van der Waals surface area contributed by atoms with E-state index in [1.165, 1.54) is 0 Å². The summed E-state index contributed by atoms with van der Waals surface area (Å²) in [6, 6.07) is 9.96. The van der Waals surface area contributed by atoms with Gasteiger partial charge >= 0.3 is 11.9 Å². The van der Waals surface area contributed by atoms with E-state index in [1.807, 2.05) is 0 Å². The van der Waals surface area contributed by atoms with Gasteiger partial charge < -0.3 is 4.74 Å². The van der Waals surface area contributed by atoms with Crippen molar-refractivity contribution in [3.63, 3.8) is 0 Å². The third kappa shape index (κ3) is 2.35. The molecule has 2 heterocycles. The summed E-state index contributed by atoms with van der Waals surface area (Å²) in [6.45, 7) is 0. The molecule has 0 saturated heterocycles. The Kier molecular flexibility index (Phi) is 3.28. The fourth-order valence-corrected chi connectivity index (χ4v) is 3.45. The highest BCUT2D eigenvalue weighted by Gasteiger charge is 2.21. The van der Waals surface area contributed by atoms with Crippen LogP contribution in [-0.4, -0.2) is 31.1 Å². The third-order valence-corrected chi connectivity index (χ3v) is 4.72. The molecule has 0 aliphatic rings. The second-order valence-corrected chi connectivity index (χ2v) is 6.04. The lowest BCUT2D eigenvalue weighted by Gasteiger charge is -2.04. The van der Waals surface area contributed by atoms with Crippen molar-refractivity contribution in [2.75, 3.05) is 0 Å². The minimum Gasteiger partial charge on any atom is -0.386 e. The molecule has 112 valence electrons.